The second-order valence-electron chi connectivity index (χ2n) is 4.27. The van der Waals surface area contributed by atoms with Gasteiger partial charge in [0.2, 0.25) is 0 Å². The van der Waals surface area contributed by atoms with Crippen LogP contribution in [0.1, 0.15) is 20.0 Å². The van der Waals surface area contributed by atoms with Crippen LogP contribution in [0.3, 0.4) is 0 Å². The molecule has 7 nitrogen and oxygen atoms in total. The molecule has 1 aromatic heterocycles. The molecule has 2 rings (SSSR count). The molecule has 0 aliphatic rings. The first-order chi connectivity index (χ1) is 10.9. The SMILES string of the molecule is COC(=O)c1sccc1S(=O)(=O)NC(=O)c1cccc(OC)c1. The van der Waals surface area contributed by atoms with Crippen LogP contribution in [0, 0.1) is 0 Å². The summed E-state index contributed by atoms with van der Waals surface area (Å²) in [6.07, 6.45) is 0. The highest BCUT2D eigenvalue weighted by Crippen LogP contribution is 2.23. The molecule has 1 aromatic carbocycles. The molecular formula is C14H13NO6S2. The topological polar surface area (TPSA) is 98.8 Å². The Hall–Kier alpha value is -2.39. The van der Waals surface area contributed by atoms with Crippen molar-refractivity contribution < 1.29 is 27.5 Å². The minimum absolute atomic E-state index is 0.0987. The number of esters is 1. The van der Waals surface area contributed by atoms with E-state index < -0.39 is 21.9 Å². The third-order valence-electron chi connectivity index (χ3n) is 2.85. The third kappa shape index (κ3) is 3.69. The standard InChI is InChI=1S/C14H13NO6S2/c1-20-10-5-3-4-9(8-10)13(16)15-23(18,19)11-6-7-22-12(11)14(17)21-2/h3-8H,1-2H3,(H,15,16). The summed E-state index contributed by atoms with van der Waals surface area (Å²) in [5, 5.41) is 1.43. The zero-order valence-corrected chi connectivity index (χ0v) is 13.9. The molecule has 0 aliphatic carbocycles. The van der Waals surface area contributed by atoms with Crippen LogP contribution in [0.4, 0.5) is 0 Å². The summed E-state index contributed by atoms with van der Waals surface area (Å²) in [4.78, 5) is 23.3. The van der Waals surface area contributed by atoms with Crippen LogP contribution in [0.2, 0.25) is 0 Å². The molecule has 1 amide bonds. The van der Waals surface area contributed by atoms with Gasteiger partial charge in [0, 0.05) is 5.56 Å². The number of amides is 1. The predicted molar refractivity (Wildman–Crippen MR) is 83.3 cm³/mol. The minimum Gasteiger partial charge on any atom is -0.497 e. The maximum atomic E-state index is 12.3. The molecule has 2 aromatic rings. The number of carbonyl (C=O) groups excluding carboxylic acids is 2. The molecule has 0 unspecified atom stereocenters. The van der Waals surface area contributed by atoms with Crippen LogP contribution >= 0.6 is 11.3 Å². The van der Waals surface area contributed by atoms with Crippen molar-refractivity contribution in [2.75, 3.05) is 14.2 Å². The number of thiophene rings is 1. The molecule has 0 aliphatic heterocycles. The van der Waals surface area contributed by atoms with Crippen molar-refractivity contribution in [3.63, 3.8) is 0 Å². The highest BCUT2D eigenvalue weighted by atomic mass is 32.2. The van der Waals surface area contributed by atoms with Gasteiger partial charge in [-0.15, -0.1) is 11.3 Å². The average molecular weight is 355 g/mol. The zero-order chi connectivity index (χ0) is 17.0. The molecular weight excluding hydrogens is 342 g/mol. The smallest absolute Gasteiger partial charge is 0.349 e. The Kier molecular flexibility index (Phi) is 5.02. The van der Waals surface area contributed by atoms with Crippen molar-refractivity contribution in [2.45, 2.75) is 4.90 Å². The lowest BCUT2D eigenvalue weighted by atomic mass is 10.2. The van der Waals surface area contributed by atoms with E-state index in [0.29, 0.717) is 5.75 Å². The van der Waals surface area contributed by atoms with Gasteiger partial charge in [0.1, 0.15) is 15.5 Å². The van der Waals surface area contributed by atoms with Gasteiger partial charge >= 0.3 is 5.97 Å². The summed E-state index contributed by atoms with van der Waals surface area (Å²) in [5.41, 5.74) is 0.114. The van der Waals surface area contributed by atoms with Crippen LogP contribution in [-0.2, 0) is 14.8 Å². The van der Waals surface area contributed by atoms with E-state index in [4.69, 9.17) is 4.74 Å². The molecule has 0 atom stereocenters. The quantitative estimate of drug-likeness (QED) is 0.819. The first-order valence-electron chi connectivity index (χ1n) is 6.26. The number of ether oxygens (including phenoxy) is 2. The Morgan fingerprint density at radius 3 is 2.57 bits per heavy atom. The molecule has 9 heteroatoms. The van der Waals surface area contributed by atoms with Gasteiger partial charge in [0.25, 0.3) is 15.9 Å². The largest absolute Gasteiger partial charge is 0.497 e. The van der Waals surface area contributed by atoms with E-state index in [-0.39, 0.29) is 15.3 Å². The van der Waals surface area contributed by atoms with E-state index in [1.54, 1.807) is 12.1 Å². The number of nitrogens with one attached hydrogen (secondary N) is 1. The Morgan fingerprint density at radius 2 is 1.91 bits per heavy atom. The number of hydrogen-bond donors (Lipinski definition) is 1. The van der Waals surface area contributed by atoms with Crippen LogP contribution in [-0.4, -0.2) is 34.5 Å². The van der Waals surface area contributed by atoms with E-state index in [9.17, 15) is 18.0 Å². The minimum atomic E-state index is -4.20. The van der Waals surface area contributed by atoms with E-state index >= 15 is 0 Å². The molecule has 122 valence electrons. The number of carbonyl (C=O) groups is 2. The second kappa shape index (κ2) is 6.80. The summed E-state index contributed by atoms with van der Waals surface area (Å²) in [5.74, 6) is -1.19. The van der Waals surface area contributed by atoms with E-state index in [1.807, 2.05) is 4.72 Å². The number of sulfonamides is 1. The van der Waals surface area contributed by atoms with Gasteiger partial charge in [-0.05, 0) is 29.6 Å². The van der Waals surface area contributed by atoms with Crippen molar-refractivity contribution in [3.8, 4) is 5.75 Å². The van der Waals surface area contributed by atoms with Gasteiger partial charge in [-0.1, -0.05) is 6.07 Å². The lowest BCUT2D eigenvalue weighted by Crippen LogP contribution is -2.31. The first kappa shape index (κ1) is 17.0. The molecule has 0 saturated carbocycles. The van der Waals surface area contributed by atoms with Gasteiger partial charge < -0.3 is 9.47 Å². The number of rotatable bonds is 5. The molecule has 0 radical (unpaired) electrons. The van der Waals surface area contributed by atoms with Crippen LogP contribution in [0.5, 0.6) is 5.75 Å². The lowest BCUT2D eigenvalue weighted by Gasteiger charge is -2.08. The summed E-state index contributed by atoms with van der Waals surface area (Å²) >= 11 is 0.913. The fourth-order valence-corrected chi connectivity index (χ4v) is 4.06. The maximum absolute atomic E-state index is 12.3. The molecule has 0 saturated heterocycles. The molecule has 1 heterocycles. The lowest BCUT2D eigenvalue weighted by molar-refractivity contribution is 0.0602. The van der Waals surface area contributed by atoms with Crippen molar-refractivity contribution in [1.29, 1.82) is 0 Å². The first-order valence-corrected chi connectivity index (χ1v) is 8.62. The average Bonchev–Trinajstić information content (AvgIpc) is 3.04. The van der Waals surface area contributed by atoms with Gasteiger partial charge in [-0.3, -0.25) is 4.79 Å². The molecule has 1 N–H and O–H groups in total. The van der Waals surface area contributed by atoms with E-state index in [1.165, 1.54) is 30.7 Å². The van der Waals surface area contributed by atoms with Gasteiger partial charge in [0.15, 0.2) is 0 Å². The van der Waals surface area contributed by atoms with Crippen molar-refractivity contribution in [1.82, 2.24) is 4.72 Å². The Labute approximate surface area is 136 Å². The van der Waals surface area contributed by atoms with Crippen molar-refractivity contribution >= 4 is 33.2 Å². The summed E-state index contributed by atoms with van der Waals surface area (Å²) in [6.45, 7) is 0. The normalized spacial score (nSPS) is 10.9. The summed E-state index contributed by atoms with van der Waals surface area (Å²) < 4.78 is 36.1. The van der Waals surface area contributed by atoms with Crippen molar-refractivity contribution in [2.24, 2.45) is 0 Å². The predicted octanol–water partition coefficient (Wildman–Crippen LogP) is 1.66. The van der Waals surface area contributed by atoms with Crippen LogP contribution in [0.25, 0.3) is 0 Å². The van der Waals surface area contributed by atoms with Crippen LogP contribution < -0.4 is 9.46 Å². The third-order valence-corrected chi connectivity index (χ3v) is 5.25. The number of benzene rings is 1. The monoisotopic (exact) mass is 355 g/mol. The highest BCUT2D eigenvalue weighted by Gasteiger charge is 2.26. The molecule has 23 heavy (non-hydrogen) atoms. The Balaban J connectivity index is 2.29. The molecule has 0 spiro atoms. The van der Waals surface area contributed by atoms with Gasteiger partial charge in [0.05, 0.1) is 14.2 Å². The van der Waals surface area contributed by atoms with E-state index in [0.717, 1.165) is 18.4 Å². The maximum Gasteiger partial charge on any atom is 0.349 e. The number of methoxy groups -OCH3 is 2. The van der Waals surface area contributed by atoms with Gasteiger partial charge in [-0.2, -0.15) is 0 Å². The molecule has 0 fully saturated rings. The second-order valence-corrected chi connectivity index (χ2v) is 6.84. The van der Waals surface area contributed by atoms with Crippen LogP contribution in [0.15, 0.2) is 40.6 Å². The molecule has 0 bridgehead atoms. The summed E-state index contributed by atoms with van der Waals surface area (Å²) in [7, 11) is -1.62. The fraction of sp³-hybridized carbons (Fsp3) is 0.143. The zero-order valence-electron chi connectivity index (χ0n) is 12.2. The highest BCUT2D eigenvalue weighted by molar-refractivity contribution is 7.90. The van der Waals surface area contributed by atoms with Crippen molar-refractivity contribution in [3.05, 3.63) is 46.2 Å². The summed E-state index contributed by atoms with van der Waals surface area (Å²) in [6, 6.07) is 7.27. The Morgan fingerprint density at radius 1 is 1.17 bits per heavy atom. The fourth-order valence-electron chi connectivity index (χ4n) is 1.75. The Bertz CT molecular complexity index is 840. The number of hydrogen-bond acceptors (Lipinski definition) is 7. The van der Waals surface area contributed by atoms with Gasteiger partial charge in [-0.25, -0.2) is 17.9 Å². The van der Waals surface area contributed by atoms with E-state index in [2.05, 4.69) is 4.74 Å².